The summed E-state index contributed by atoms with van der Waals surface area (Å²) in [5.41, 5.74) is 6.45. The molecule has 0 radical (unpaired) electrons. The molecule has 0 atom stereocenters. The third-order valence-corrected chi connectivity index (χ3v) is 4.26. The molecule has 3 rings (SSSR count). The van der Waals surface area contributed by atoms with Gasteiger partial charge in [-0.2, -0.15) is 0 Å². The largest absolute Gasteiger partial charge is 0.207 e. The fourth-order valence-corrected chi connectivity index (χ4v) is 2.95. The van der Waals surface area contributed by atoms with Crippen molar-refractivity contribution in [3.8, 4) is 0 Å². The van der Waals surface area contributed by atoms with Crippen molar-refractivity contribution in [1.82, 2.24) is 0 Å². The summed E-state index contributed by atoms with van der Waals surface area (Å²) in [5, 5.41) is 0. The third-order valence-electron chi connectivity index (χ3n) is 4.26. The Bertz CT molecular complexity index is 650. The van der Waals surface area contributed by atoms with Crippen LogP contribution in [0.2, 0.25) is 0 Å². The molecule has 0 fully saturated rings. The van der Waals surface area contributed by atoms with Gasteiger partial charge in [0.2, 0.25) is 0 Å². The maximum Gasteiger partial charge on any atom is 0.123 e. The number of fused-ring (bicyclic) bond motifs is 1. The molecular weight excluding hydrogens is 259 g/mol. The Kier molecular flexibility index (Phi) is 4.19. The van der Waals surface area contributed by atoms with Crippen LogP contribution in [-0.4, -0.2) is 0 Å². The van der Waals surface area contributed by atoms with Gasteiger partial charge in [0.25, 0.3) is 0 Å². The molecule has 1 aliphatic carbocycles. The number of rotatable bonds is 4. The van der Waals surface area contributed by atoms with Crippen molar-refractivity contribution in [3.05, 3.63) is 76.6 Å². The highest BCUT2D eigenvalue weighted by atomic mass is 19.1. The molecule has 0 aromatic heterocycles. The van der Waals surface area contributed by atoms with Crippen molar-refractivity contribution in [3.63, 3.8) is 0 Å². The third kappa shape index (κ3) is 3.24. The normalized spacial score (nSPS) is 13.7. The molecule has 0 nitrogen and oxygen atoms in total. The molecule has 0 saturated heterocycles. The highest BCUT2D eigenvalue weighted by molar-refractivity contribution is 5.70. The maximum absolute atomic E-state index is 13.2. The van der Waals surface area contributed by atoms with Crippen LogP contribution in [0.4, 0.5) is 4.39 Å². The lowest BCUT2D eigenvalue weighted by atomic mass is 9.88. The van der Waals surface area contributed by atoms with Crippen molar-refractivity contribution in [2.45, 2.75) is 39.0 Å². The van der Waals surface area contributed by atoms with Gasteiger partial charge in [-0.1, -0.05) is 49.8 Å². The Labute approximate surface area is 126 Å². The quantitative estimate of drug-likeness (QED) is 0.708. The average molecular weight is 280 g/mol. The van der Waals surface area contributed by atoms with E-state index in [0.29, 0.717) is 0 Å². The van der Waals surface area contributed by atoms with Crippen LogP contribution in [0.1, 0.15) is 42.0 Å². The van der Waals surface area contributed by atoms with Crippen LogP contribution < -0.4 is 0 Å². The predicted octanol–water partition coefficient (Wildman–Crippen LogP) is 5.35. The van der Waals surface area contributed by atoms with Crippen LogP contribution in [-0.2, 0) is 19.3 Å². The molecule has 0 heterocycles. The van der Waals surface area contributed by atoms with Gasteiger partial charge in [-0.25, -0.2) is 4.39 Å². The van der Waals surface area contributed by atoms with Gasteiger partial charge < -0.3 is 0 Å². The molecule has 0 spiro atoms. The summed E-state index contributed by atoms with van der Waals surface area (Å²) < 4.78 is 13.2. The van der Waals surface area contributed by atoms with Crippen LogP contribution in [0, 0.1) is 5.82 Å². The van der Waals surface area contributed by atoms with Gasteiger partial charge in [0.15, 0.2) is 0 Å². The monoisotopic (exact) mass is 280 g/mol. The molecule has 0 amide bonds. The molecule has 2 aromatic carbocycles. The molecule has 0 unspecified atom stereocenters. The van der Waals surface area contributed by atoms with Gasteiger partial charge in [-0.05, 0) is 65.6 Å². The minimum absolute atomic E-state index is 0.133. The summed E-state index contributed by atoms with van der Waals surface area (Å²) in [6.45, 7) is 2.22. The summed E-state index contributed by atoms with van der Waals surface area (Å²) in [6, 6.07) is 14.1. The zero-order chi connectivity index (χ0) is 14.7. The number of hydrogen-bond donors (Lipinski definition) is 0. The van der Waals surface area contributed by atoms with Crippen LogP contribution in [0.25, 0.3) is 5.57 Å². The van der Waals surface area contributed by atoms with Crippen molar-refractivity contribution in [2.24, 2.45) is 0 Å². The SMILES string of the molecule is CCCCc1ccc(C2=CCc3cc(F)ccc3C2)cc1. The van der Waals surface area contributed by atoms with E-state index in [0.717, 1.165) is 24.8 Å². The molecule has 21 heavy (non-hydrogen) atoms. The maximum atomic E-state index is 13.2. The van der Waals surface area contributed by atoms with Crippen LogP contribution in [0.5, 0.6) is 0 Å². The Balaban J connectivity index is 1.76. The Morgan fingerprint density at radius 1 is 1.00 bits per heavy atom. The highest BCUT2D eigenvalue weighted by Gasteiger charge is 2.13. The van der Waals surface area contributed by atoms with E-state index in [9.17, 15) is 4.39 Å². The number of halogens is 1. The van der Waals surface area contributed by atoms with Gasteiger partial charge in [-0.3, -0.25) is 0 Å². The first-order chi connectivity index (χ1) is 10.3. The van der Waals surface area contributed by atoms with Crippen LogP contribution in [0.15, 0.2) is 48.5 Å². The van der Waals surface area contributed by atoms with Crippen LogP contribution >= 0.6 is 0 Å². The van der Waals surface area contributed by atoms with Crippen molar-refractivity contribution in [2.75, 3.05) is 0 Å². The first-order valence-corrected chi connectivity index (χ1v) is 7.82. The summed E-state index contributed by atoms with van der Waals surface area (Å²) >= 11 is 0. The molecular formula is C20H21F. The predicted molar refractivity (Wildman–Crippen MR) is 86.8 cm³/mol. The fraction of sp³-hybridized carbons (Fsp3) is 0.300. The lowest BCUT2D eigenvalue weighted by Crippen LogP contribution is -2.03. The van der Waals surface area contributed by atoms with E-state index < -0.39 is 0 Å². The van der Waals surface area contributed by atoms with E-state index in [1.807, 2.05) is 6.07 Å². The highest BCUT2D eigenvalue weighted by Crippen LogP contribution is 2.28. The Morgan fingerprint density at radius 3 is 2.57 bits per heavy atom. The minimum Gasteiger partial charge on any atom is -0.207 e. The smallest absolute Gasteiger partial charge is 0.123 e. The summed E-state index contributed by atoms with van der Waals surface area (Å²) in [6.07, 6.45) is 7.63. The first kappa shape index (κ1) is 14.1. The molecule has 108 valence electrons. The number of hydrogen-bond acceptors (Lipinski definition) is 0. The number of allylic oxidation sites excluding steroid dienone is 2. The van der Waals surface area contributed by atoms with Gasteiger partial charge >= 0.3 is 0 Å². The van der Waals surface area contributed by atoms with E-state index in [2.05, 4.69) is 37.3 Å². The molecule has 2 aromatic rings. The van der Waals surface area contributed by atoms with Gasteiger partial charge in [0.1, 0.15) is 5.82 Å². The number of aryl methyl sites for hydroxylation is 1. The first-order valence-electron chi connectivity index (χ1n) is 7.82. The lowest BCUT2D eigenvalue weighted by Gasteiger charge is -2.17. The molecule has 0 aliphatic heterocycles. The lowest BCUT2D eigenvalue weighted by molar-refractivity contribution is 0.625. The van der Waals surface area contributed by atoms with Gasteiger partial charge in [-0.15, -0.1) is 0 Å². The second-order valence-electron chi connectivity index (χ2n) is 5.82. The van der Waals surface area contributed by atoms with E-state index in [4.69, 9.17) is 0 Å². The molecule has 1 heteroatoms. The zero-order valence-corrected chi connectivity index (χ0v) is 12.5. The van der Waals surface area contributed by atoms with Crippen molar-refractivity contribution in [1.29, 1.82) is 0 Å². The molecule has 1 aliphatic rings. The number of unbranched alkanes of at least 4 members (excludes halogenated alkanes) is 1. The summed E-state index contributed by atoms with van der Waals surface area (Å²) in [5.74, 6) is -0.133. The second kappa shape index (κ2) is 6.26. The minimum atomic E-state index is -0.133. The summed E-state index contributed by atoms with van der Waals surface area (Å²) in [4.78, 5) is 0. The van der Waals surface area contributed by atoms with E-state index in [-0.39, 0.29) is 5.82 Å². The van der Waals surface area contributed by atoms with E-state index in [1.54, 1.807) is 12.1 Å². The molecule has 0 saturated carbocycles. The topological polar surface area (TPSA) is 0 Å². The van der Waals surface area contributed by atoms with E-state index >= 15 is 0 Å². The van der Waals surface area contributed by atoms with Gasteiger partial charge in [0, 0.05) is 0 Å². The molecule has 0 N–H and O–H groups in total. The Hall–Kier alpha value is -1.89. The van der Waals surface area contributed by atoms with Crippen molar-refractivity contribution < 1.29 is 4.39 Å². The fourth-order valence-electron chi connectivity index (χ4n) is 2.95. The van der Waals surface area contributed by atoms with Crippen molar-refractivity contribution >= 4 is 5.57 Å². The van der Waals surface area contributed by atoms with E-state index in [1.165, 1.54) is 35.1 Å². The Morgan fingerprint density at radius 2 is 1.81 bits per heavy atom. The van der Waals surface area contributed by atoms with Crippen LogP contribution in [0.3, 0.4) is 0 Å². The number of benzene rings is 2. The zero-order valence-electron chi connectivity index (χ0n) is 12.5. The standard InChI is InChI=1S/C20H21F/c1-2-3-4-15-5-7-16(8-6-15)17-9-10-19-14-20(21)12-11-18(19)13-17/h5-9,11-12,14H,2-4,10,13H2,1H3. The van der Waals surface area contributed by atoms with Gasteiger partial charge in [0.05, 0.1) is 0 Å². The molecule has 0 bridgehead atoms. The summed E-state index contributed by atoms with van der Waals surface area (Å²) in [7, 11) is 0. The average Bonchev–Trinajstić information content (AvgIpc) is 2.53. The second-order valence-corrected chi connectivity index (χ2v) is 5.82.